The monoisotopic (exact) mass is 233 g/mol. The molecule has 1 heterocycles. The second-order valence-corrected chi connectivity index (χ2v) is 4.73. The Morgan fingerprint density at radius 1 is 1.18 bits per heavy atom. The van der Waals surface area contributed by atoms with E-state index in [1.165, 1.54) is 11.3 Å². The Bertz CT molecular complexity index is 328. The first-order chi connectivity index (χ1) is 8.29. The van der Waals surface area contributed by atoms with Crippen molar-refractivity contribution < 1.29 is 0 Å². The molecule has 0 unspecified atom stereocenters. The maximum atomic E-state index is 3.38. The topological polar surface area (TPSA) is 18.5 Å². The molecule has 0 spiro atoms. The fourth-order valence-corrected chi connectivity index (χ4v) is 2.16. The first-order valence-electron chi connectivity index (χ1n) is 6.52. The number of nitrogens with one attached hydrogen (secondary N) is 1. The summed E-state index contributed by atoms with van der Waals surface area (Å²) in [4.78, 5) is 4.77. The van der Waals surface area contributed by atoms with E-state index < -0.39 is 0 Å². The minimum atomic E-state index is 1.04. The summed E-state index contributed by atoms with van der Waals surface area (Å²) in [7, 11) is 2.16. The van der Waals surface area contributed by atoms with Crippen LogP contribution in [0, 0.1) is 0 Å². The van der Waals surface area contributed by atoms with Gasteiger partial charge in [-0.1, -0.05) is 19.1 Å². The molecular formula is C14H23N3. The van der Waals surface area contributed by atoms with Gasteiger partial charge in [0.25, 0.3) is 0 Å². The smallest absolute Gasteiger partial charge is 0.0367 e. The number of benzene rings is 1. The van der Waals surface area contributed by atoms with Crippen molar-refractivity contribution in [3.05, 3.63) is 29.8 Å². The number of piperazine rings is 1. The lowest BCUT2D eigenvalue weighted by molar-refractivity contribution is 0.346. The Hall–Kier alpha value is -1.06. The van der Waals surface area contributed by atoms with Crippen LogP contribution in [0.4, 0.5) is 5.69 Å². The Morgan fingerprint density at radius 3 is 2.41 bits per heavy atom. The first kappa shape index (κ1) is 12.4. The van der Waals surface area contributed by atoms with Crippen LogP contribution in [0.15, 0.2) is 24.3 Å². The van der Waals surface area contributed by atoms with Crippen molar-refractivity contribution in [1.29, 1.82) is 0 Å². The van der Waals surface area contributed by atoms with E-state index in [9.17, 15) is 0 Å². The highest BCUT2D eigenvalue weighted by Crippen LogP contribution is 2.16. The van der Waals surface area contributed by atoms with Crippen molar-refractivity contribution in [3.63, 3.8) is 0 Å². The molecule has 1 aliphatic heterocycles. The van der Waals surface area contributed by atoms with E-state index in [-0.39, 0.29) is 0 Å². The van der Waals surface area contributed by atoms with Gasteiger partial charge >= 0.3 is 0 Å². The SMILES string of the molecule is CCN(C)Cc1ccc(N2CCNCC2)cc1. The van der Waals surface area contributed by atoms with E-state index in [0.29, 0.717) is 0 Å². The summed E-state index contributed by atoms with van der Waals surface area (Å²) in [6.07, 6.45) is 0. The van der Waals surface area contributed by atoms with E-state index in [2.05, 4.69) is 53.4 Å². The minimum Gasteiger partial charge on any atom is -0.369 e. The van der Waals surface area contributed by atoms with Crippen LogP contribution < -0.4 is 10.2 Å². The Balaban J connectivity index is 1.97. The van der Waals surface area contributed by atoms with Gasteiger partial charge in [-0.3, -0.25) is 0 Å². The van der Waals surface area contributed by atoms with Crippen molar-refractivity contribution in [1.82, 2.24) is 10.2 Å². The van der Waals surface area contributed by atoms with Gasteiger partial charge in [0.2, 0.25) is 0 Å². The van der Waals surface area contributed by atoms with Gasteiger partial charge in [0.05, 0.1) is 0 Å². The van der Waals surface area contributed by atoms with Gasteiger partial charge in [-0.2, -0.15) is 0 Å². The van der Waals surface area contributed by atoms with Gasteiger partial charge in [0.15, 0.2) is 0 Å². The first-order valence-corrected chi connectivity index (χ1v) is 6.52. The predicted octanol–water partition coefficient (Wildman–Crippen LogP) is 1.55. The van der Waals surface area contributed by atoms with Crippen LogP contribution in [0.1, 0.15) is 12.5 Å². The average molecular weight is 233 g/mol. The Labute approximate surface area is 104 Å². The molecular weight excluding hydrogens is 210 g/mol. The van der Waals surface area contributed by atoms with Crippen LogP contribution in [0.25, 0.3) is 0 Å². The molecule has 1 fully saturated rings. The molecule has 0 amide bonds. The standard InChI is InChI=1S/C14H23N3/c1-3-16(2)12-13-4-6-14(7-5-13)17-10-8-15-9-11-17/h4-7,15H,3,8-12H2,1-2H3. The second-order valence-electron chi connectivity index (χ2n) is 4.73. The second kappa shape index (κ2) is 6.03. The molecule has 0 aromatic heterocycles. The van der Waals surface area contributed by atoms with Crippen LogP contribution in [0.3, 0.4) is 0 Å². The summed E-state index contributed by atoms with van der Waals surface area (Å²) in [5.41, 5.74) is 2.75. The third-order valence-electron chi connectivity index (χ3n) is 3.41. The molecule has 3 heteroatoms. The third kappa shape index (κ3) is 3.45. The lowest BCUT2D eigenvalue weighted by Crippen LogP contribution is -2.43. The minimum absolute atomic E-state index is 1.04. The van der Waals surface area contributed by atoms with Crippen molar-refractivity contribution >= 4 is 5.69 Å². The van der Waals surface area contributed by atoms with E-state index in [4.69, 9.17) is 0 Å². The van der Waals surface area contributed by atoms with Crippen LogP contribution in [0.2, 0.25) is 0 Å². The predicted molar refractivity (Wildman–Crippen MR) is 73.5 cm³/mol. The van der Waals surface area contributed by atoms with Gasteiger partial charge in [-0.25, -0.2) is 0 Å². The quantitative estimate of drug-likeness (QED) is 0.851. The third-order valence-corrected chi connectivity index (χ3v) is 3.41. The average Bonchev–Trinajstić information content (AvgIpc) is 2.40. The highest BCUT2D eigenvalue weighted by molar-refractivity contribution is 5.48. The highest BCUT2D eigenvalue weighted by Gasteiger charge is 2.09. The van der Waals surface area contributed by atoms with Gasteiger partial charge < -0.3 is 15.1 Å². The molecule has 1 aromatic rings. The molecule has 17 heavy (non-hydrogen) atoms. The van der Waals surface area contributed by atoms with Crippen LogP contribution in [-0.4, -0.2) is 44.7 Å². The lowest BCUT2D eigenvalue weighted by atomic mass is 10.1. The summed E-state index contributed by atoms with van der Waals surface area (Å²) in [6, 6.07) is 9.02. The summed E-state index contributed by atoms with van der Waals surface area (Å²) in [5, 5.41) is 3.38. The zero-order valence-electron chi connectivity index (χ0n) is 10.9. The van der Waals surface area contributed by atoms with Gasteiger partial charge in [0.1, 0.15) is 0 Å². The fourth-order valence-electron chi connectivity index (χ4n) is 2.16. The number of hydrogen-bond acceptors (Lipinski definition) is 3. The maximum Gasteiger partial charge on any atom is 0.0367 e. The molecule has 0 bridgehead atoms. The summed E-state index contributed by atoms with van der Waals surface area (Å²) in [6.45, 7) is 8.76. The van der Waals surface area contributed by atoms with Crippen LogP contribution >= 0.6 is 0 Å². The van der Waals surface area contributed by atoms with Crippen molar-refractivity contribution in [2.24, 2.45) is 0 Å². The summed E-state index contributed by atoms with van der Waals surface area (Å²) in [5.74, 6) is 0. The van der Waals surface area contributed by atoms with Crippen molar-refractivity contribution in [3.8, 4) is 0 Å². The van der Waals surface area contributed by atoms with Crippen LogP contribution in [0.5, 0.6) is 0 Å². The number of hydrogen-bond donors (Lipinski definition) is 1. The maximum absolute atomic E-state index is 3.38. The summed E-state index contributed by atoms with van der Waals surface area (Å²) < 4.78 is 0. The number of rotatable bonds is 4. The molecule has 1 aromatic carbocycles. The zero-order valence-corrected chi connectivity index (χ0v) is 10.9. The molecule has 1 saturated heterocycles. The molecule has 1 aliphatic rings. The molecule has 2 rings (SSSR count). The van der Waals surface area contributed by atoms with E-state index in [1.807, 2.05) is 0 Å². The molecule has 94 valence electrons. The zero-order chi connectivity index (χ0) is 12.1. The normalized spacial score (nSPS) is 16.5. The molecule has 0 saturated carbocycles. The number of nitrogens with zero attached hydrogens (tertiary/aromatic N) is 2. The van der Waals surface area contributed by atoms with E-state index in [0.717, 1.165) is 39.3 Å². The lowest BCUT2D eigenvalue weighted by Gasteiger charge is -2.29. The molecule has 0 radical (unpaired) electrons. The highest BCUT2D eigenvalue weighted by atomic mass is 15.2. The van der Waals surface area contributed by atoms with Gasteiger partial charge in [-0.15, -0.1) is 0 Å². The van der Waals surface area contributed by atoms with E-state index in [1.54, 1.807) is 0 Å². The molecule has 1 N–H and O–H groups in total. The van der Waals surface area contributed by atoms with Crippen molar-refractivity contribution in [2.45, 2.75) is 13.5 Å². The largest absolute Gasteiger partial charge is 0.369 e. The molecule has 3 nitrogen and oxygen atoms in total. The van der Waals surface area contributed by atoms with Crippen LogP contribution in [-0.2, 0) is 6.54 Å². The Morgan fingerprint density at radius 2 is 1.82 bits per heavy atom. The number of anilines is 1. The molecule has 0 aliphatic carbocycles. The fraction of sp³-hybridized carbons (Fsp3) is 0.571. The van der Waals surface area contributed by atoms with Gasteiger partial charge in [-0.05, 0) is 31.3 Å². The Kier molecular flexibility index (Phi) is 4.40. The van der Waals surface area contributed by atoms with Gasteiger partial charge in [0, 0.05) is 38.4 Å². The van der Waals surface area contributed by atoms with E-state index >= 15 is 0 Å². The molecule has 0 atom stereocenters. The van der Waals surface area contributed by atoms with Crippen molar-refractivity contribution in [2.75, 3.05) is 44.7 Å². The summed E-state index contributed by atoms with van der Waals surface area (Å²) >= 11 is 0.